The second kappa shape index (κ2) is 3.24. The average molecular weight is 311 g/mol. The van der Waals surface area contributed by atoms with Gasteiger partial charge in [-0.2, -0.15) is 13.8 Å². The first kappa shape index (κ1) is 13.5. The number of hydrogen-bond donors (Lipinski definition) is 0. The van der Waals surface area contributed by atoms with Crippen LogP contribution in [0.1, 0.15) is 0 Å². The van der Waals surface area contributed by atoms with Crippen LogP contribution in [-0.2, 0) is 0 Å². The van der Waals surface area contributed by atoms with E-state index in [4.69, 9.17) is 0 Å². The lowest BCUT2D eigenvalue weighted by Gasteiger charge is -2.42. The van der Waals surface area contributed by atoms with E-state index in [2.05, 4.69) is 46.4 Å². The summed E-state index contributed by atoms with van der Waals surface area (Å²) >= 11 is 18.5. The highest BCUT2D eigenvalue weighted by atomic mass is 35.5. The van der Waals surface area contributed by atoms with Crippen molar-refractivity contribution in [3.05, 3.63) is 0 Å². The summed E-state index contributed by atoms with van der Waals surface area (Å²) in [6.07, 6.45) is 0. The van der Waals surface area contributed by atoms with E-state index in [-0.39, 0.29) is 0 Å². The van der Waals surface area contributed by atoms with E-state index < -0.39 is 26.6 Å². The van der Waals surface area contributed by atoms with E-state index >= 15 is 0 Å². The lowest BCUT2D eigenvalue weighted by atomic mass is 10.1. The predicted molar refractivity (Wildman–Crippen MR) is 47.3 cm³/mol. The van der Waals surface area contributed by atoms with Gasteiger partial charge in [0.1, 0.15) is 0 Å². The molecule has 4 atom stereocenters. The van der Waals surface area contributed by atoms with Crippen LogP contribution in [-0.4, -0.2) is 26.6 Å². The number of aliphatic imine (C=N–C) groups is 1. The summed E-state index contributed by atoms with van der Waals surface area (Å²) in [7, 11) is 0. The lowest BCUT2D eigenvalue weighted by Crippen LogP contribution is -2.65. The Morgan fingerprint density at radius 1 is 0.867 bits per heavy atom. The molecule has 0 saturated heterocycles. The Kier molecular flexibility index (Phi) is 2.93. The van der Waals surface area contributed by atoms with Gasteiger partial charge in [0.25, 0.3) is 5.13 Å². The molecule has 0 aliphatic carbocycles. The number of alkyl halides is 8. The fraction of sp³-hybridized carbons (Fsp3) is 0.800. The first-order valence-electron chi connectivity index (χ1n) is 3.15. The van der Waals surface area contributed by atoms with Gasteiger partial charge in [0, 0.05) is 0 Å². The Bertz CT molecular complexity index is 325. The molecule has 1 rings (SSSR count). The minimum Gasteiger partial charge on any atom is -0.215 e. The Balaban J connectivity index is 3.49. The zero-order valence-electron chi connectivity index (χ0n) is 6.35. The van der Waals surface area contributed by atoms with Gasteiger partial charge in [-0.05, 0) is 0 Å². The van der Waals surface area contributed by atoms with Gasteiger partial charge in [0.2, 0.25) is 5.97 Å². The van der Waals surface area contributed by atoms with Gasteiger partial charge in [0.15, 0.2) is 0 Å². The Labute approximate surface area is 100 Å². The molecular weight excluding hydrogens is 311 g/mol. The minimum absolute atomic E-state index is 2.03. The highest BCUT2D eigenvalue weighted by Gasteiger charge is 2.80. The van der Waals surface area contributed by atoms with Crippen LogP contribution in [0.3, 0.4) is 0 Å². The third-order valence-electron chi connectivity index (χ3n) is 1.66. The molecule has 0 N–H and O–H groups in total. The summed E-state index contributed by atoms with van der Waals surface area (Å²) in [4.78, 5) is 2.03. The average Bonchev–Trinajstić information content (AvgIpc) is 2.00. The van der Waals surface area contributed by atoms with Crippen LogP contribution < -0.4 is 0 Å². The van der Waals surface area contributed by atoms with Crippen molar-refractivity contribution in [1.29, 1.82) is 0 Å². The molecule has 0 bridgehead atoms. The first-order chi connectivity index (χ1) is 6.38. The second-order valence-electron chi connectivity index (χ2n) is 2.67. The standard InChI is InChI=1S/C5Cl4F5N/c6-2(11)1(10)15-5(9,14)4(8,13)3(2,7)12. The fourth-order valence-corrected chi connectivity index (χ4v) is 1.63. The van der Waals surface area contributed by atoms with E-state index in [1.54, 1.807) is 0 Å². The van der Waals surface area contributed by atoms with Crippen LogP contribution >= 0.6 is 46.4 Å². The topological polar surface area (TPSA) is 12.4 Å². The summed E-state index contributed by atoms with van der Waals surface area (Å²) in [5.41, 5.74) is 0. The van der Waals surface area contributed by atoms with Crippen molar-refractivity contribution in [2.45, 2.75) is 20.6 Å². The van der Waals surface area contributed by atoms with Gasteiger partial charge in [-0.25, -0.2) is 13.2 Å². The van der Waals surface area contributed by atoms with Gasteiger partial charge >= 0.3 is 15.5 Å². The molecule has 1 aliphatic rings. The van der Waals surface area contributed by atoms with Crippen LogP contribution in [0.25, 0.3) is 0 Å². The highest BCUT2D eigenvalue weighted by Crippen LogP contribution is 2.60. The molecule has 0 radical (unpaired) electrons. The fourth-order valence-electron chi connectivity index (χ4n) is 0.779. The molecule has 0 saturated carbocycles. The summed E-state index contributed by atoms with van der Waals surface area (Å²) in [6, 6.07) is 0. The molecule has 1 heterocycles. The third-order valence-corrected chi connectivity index (χ3v) is 3.75. The predicted octanol–water partition coefficient (Wildman–Crippen LogP) is 3.94. The van der Waals surface area contributed by atoms with Gasteiger partial charge in [0.05, 0.1) is 0 Å². The quantitative estimate of drug-likeness (QED) is 0.365. The molecule has 0 fully saturated rings. The monoisotopic (exact) mass is 309 g/mol. The Morgan fingerprint density at radius 2 is 1.27 bits per heavy atom. The molecule has 0 spiro atoms. The van der Waals surface area contributed by atoms with E-state index in [1.807, 2.05) is 4.99 Å². The molecule has 0 aromatic heterocycles. The van der Waals surface area contributed by atoms with Crippen LogP contribution in [0.15, 0.2) is 4.99 Å². The normalized spacial score (nSPS) is 56.5. The smallest absolute Gasteiger partial charge is 0.215 e. The largest absolute Gasteiger partial charge is 0.330 e. The number of hydrogen-bond acceptors (Lipinski definition) is 1. The van der Waals surface area contributed by atoms with Crippen LogP contribution in [0, 0.1) is 0 Å². The SMILES string of the molecule is FC1=NC(F)(Cl)C(F)(Cl)C(F)(Cl)C1(F)Cl. The van der Waals surface area contributed by atoms with E-state index in [1.165, 1.54) is 0 Å². The van der Waals surface area contributed by atoms with Crippen molar-refractivity contribution >= 4 is 52.4 Å². The number of nitrogens with zero attached hydrogens (tertiary/aromatic N) is 1. The number of halogens is 9. The van der Waals surface area contributed by atoms with Crippen LogP contribution in [0.4, 0.5) is 22.0 Å². The highest BCUT2D eigenvalue weighted by molar-refractivity contribution is 6.47. The Morgan fingerprint density at radius 3 is 1.67 bits per heavy atom. The third kappa shape index (κ3) is 1.52. The molecule has 4 unspecified atom stereocenters. The molecule has 1 nitrogen and oxygen atoms in total. The van der Waals surface area contributed by atoms with Crippen molar-refractivity contribution in [3.63, 3.8) is 0 Å². The van der Waals surface area contributed by atoms with Crippen molar-refractivity contribution in [2.75, 3.05) is 0 Å². The molecule has 0 aromatic carbocycles. The van der Waals surface area contributed by atoms with Crippen LogP contribution in [0.2, 0.25) is 0 Å². The maximum absolute atomic E-state index is 13.3. The van der Waals surface area contributed by atoms with Crippen molar-refractivity contribution < 1.29 is 22.0 Å². The van der Waals surface area contributed by atoms with E-state index in [0.29, 0.717) is 0 Å². The summed E-state index contributed by atoms with van der Waals surface area (Å²) < 4.78 is 65.3. The zero-order valence-corrected chi connectivity index (χ0v) is 9.37. The van der Waals surface area contributed by atoms with Gasteiger partial charge in [-0.15, -0.1) is 0 Å². The molecule has 10 heteroatoms. The molecule has 0 amide bonds. The lowest BCUT2D eigenvalue weighted by molar-refractivity contribution is -0.0496. The van der Waals surface area contributed by atoms with Crippen molar-refractivity contribution in [1.82, 2.24) is 0 Å². The van der Waals surface area contributed by atoms with E-state index in [9.17, 15) is 22.0 Å². The zero-order chi connectivity index (χ0) is 12.3. The summed E-state index contributed by atoms with van der Waals surface area (Å²) in [5.74, 6) is -2.45. The minimum atomic E-state index is -4.47. The van der Waals surface area contributed by atoms with Gasteiger partial charge in [-0.1, -0.05) is 46.4 Å². The number of rotatable bonds is 0. The molecular formula is C5Cl4F5N. The summed E-state index contributed by atoms with van der Waals surface area (Å²) in [6.45, 7) is 0. The maximum atomic E-state index is 13.3. The van der Waals surface area contributed by atoms with Crippen molar-refractivity contribution in [3.8, 4) is 0 Å². The molecule has 1 aliphatic heterocycles. The molecule has 15 heavy (non-hydrogen) atoms. The van der Waals surface area contributed by atoms with E-state index in [0.717, 1.165) is 0 Å². The second-order valence-corrected chi connectivity index (χ2v) is 4.73. The maximum Gasteiger partial charge on any atom is 0.330 e. The first-order valence-corrected chi connectivity index (χ1v) is 4.66. The summed E-state index contributed by atoms with van der Waals surface area (Å²) in [5, 5.41) is -17.2. The molecule has 88 valence electrons. The van der Waals surface area contributed by atoms with Gasteiger partial charge in [-0.3, -0.25) is 0 Å². The Hall–Kier alpha value is 0.480. The van der Waals surface area contributed by atoms with Crippen molar-refractivity contribution in [2.24, 2.45) is 4.99 Å². The van der Waals surface area contributed by atoms with Gasteiger partial charge < -0.3 is 0 Å². The molecule has 0 aromatic rings. The van der Waals surface area contributed by atoms with Crippen LogP contribution in [0.5, 0.6) is 0 Å².